The highest BCUT2D eigenvalue weighted by Crippen LogP contribution is 1.96. The van der Waals surface area contributed by atoms with Crippen LogP contribution in [0.1, 0.15) is 10.5 Å². The van der Waals surface area contributed by atoms with Gasteiger partial charge in [0.2, 0.25) is 0 Å². The van der Waals surface area contributed by atoms with E-state index < -0.39 is 5.97 Å². The molecule has 6 nitrogen and oxygen atoms in total. The third kappa shape index (κ3) is 4.01. The van der Waals surface area contributed by atoms with Crippen molar-refractivity contribution < 1.29 is 19.4 Å². The van der Waals surface area contributed by atoms with Gasteiger partial charge in [-0.2, -0.15) is 0 Å². The molecular weight excluding hydrogens is 226 g/mol. The molecule has 0 radical (unpaired) electrons. The van der Waals surface area contributed by atoms with Crippen molar-refractivity contribution in [3.8, 4) is 0 Å². The monoisotopic (exact) mass is 241 g/mol. The molecule has 0 unspecified atom stereocenters. The number of rotatable bonds is 7. The van der Waals surface area contributed by atoms with Crippen LogP contribution in [0.5, 0.6) is 0 Å². The summed E-state index contributed by atoms with van der Waals surface area (Å²) in [6.45, 7) is 1.37. The van der Waals surface area contributed by atoms with Gasteiger partial charge in [0.15, 0.2) is 0 Å². The Hall–Kier alpha value is -1.66. The zero-order chi connectivity index (χ0) is 12.7. The van der Waals surface area contributed by atoms with Gasteiger partial charge in [-0.1, -0.05) is 6.07 Å². The lowest BCUT2D eigenvalue weighted by atomic mass is 10.3. The molecule has 1 N–H and O–H groups in total. The van der Waals surface area contributed by atoms with Crippen molar-refractivity contribution in [2.75, 3.05) is 26.9 Å². The molecule has 0 aliphatic carbocycles. The standard InChI is InChI=1S/C11H15NO5/c1-16-7-8-17-6-5-12-9(11(14)15)3-2-4-10(12)13/h2-4H,5-8H2,1H3,(H,14,15). The van der Waals surface area contributed by atoms with Crippen molar-refractivity contribution in [3.63, 3.8) is 0 Å². The van der Waals surface area contributed by atoms with Crippen LogP contribution in [0, 0.1) is 0 Å². The van der Waals surface area contributed by atoms with Gasteiger partial charge in [0.25, 0.3) is 5.56 Å². The van der Waals surface area contributed by atoms with E-state index in [2.05, 4.69) is 0 Å². The molecule has 1 rings (SSSR count). The Morgan fingerprint density at radius 2 is 2.12 bits per heavy atom. The third-order valence-corrected chi connectivity index (χ3v) is 2.16. The van der Waals surface area contributed by atoms with Gasteiger partial charge in [-0.05, 0) is 6.07 Å². The minimum atomic E-state index is -1.13. The molecule has 1 aromatic rings. The first-order valence-corrected chi connectivity index (χ1v) is 5.16. The van der Waals surface area contributed by atoms with Crippen LogP contribution < -0.4 is 5.56 Å². The van der Waals surface area contributed by atoms with Crippen LogP contribution in [0.15, 0.2) is 23.0 Å². The SMILES string of the molecule is COCCOCCn1c(C(=O)O)cccc1=O. The second kappa shape index (κ2) is 6.82. The number of pyridine rings is 1. The zero-order valence-corrected chi connectivity index (χ0v) is 9.59. The quantitative estimate of drug-likeness (QED) is 0.690. The fraction of sp³-hybridized carbons (Fsp3) is 0.455. The predicted molar refractivity (Wildman–Crippen MR) is 60.4 cm³/mol. The summed E-state index contributed by atoms with van der Waals surface area (Å²) in [6.07, 6.45) is 0. The number of carbonyl (C=O) groups is 1. The van der Waals surface area contributed by atoms with Crippen LogP contribution in [0.4, 0.5) is 0 Å². The number of aromatic nitrogens is 1. The molecule has 0 aliphatic rings. The highest BCUT2D eigenvalue weighted by atomic mass is 16.5. The highest BCUT2D eigenvalue weighted by molar-refractivity contribution is 5.85. The van der Waals surface area contributed by atoms with E-state index in [0.29, 0.717) is 13.2 Å². The molecule has 94 valence electrons. The van der Waals surface area contributed by atoms with Crippen molar-refractivity contribution in [3.05, 3.63) is 34.2 Å². The average molecular weight is 241 g/mol. The van der Waals surface area contributed by atoms with Crippen molar-refractivity contribution in [1.29, 1.82) is 0 Å². The first-order chi connectivity index (χ1) is 8.16. The summed E-state index contributed by atoms with van der Waals surface area (Å²) >= 11 is 0. The fourth-order valence-electron chi connectivity index (χ4n) is 1.34. The largest absolute Gasteiger partial charge is 0.477 e. The smallest absolute Gasteiger partial charge is 0.352 e. The molecule has 1 heterocycles. The number of carboxylic acids is 1. The van der Waals surface area contributed by atoms with Gasteiger partial charge in [-0.25, -0.2) is 4.79 Å². The van der Waals surface area contributed by atoms with Crippen LogP contribution >= 0.6 is 0 Å². The van der Waals surface area contributed by atoms with Crippen molar-refractivity contribution in [1.82, 2.24) is 4.57 Å². The van der Waals surface area contributed by atoms with Crippen LogP contribution in [0.25, 0.3) is 0 Å². The Kier molecular flexibility index (Phi) is 5.38. The van der Waals surface area contributed by atoms with Crippen LogP contribution in [-0.2, 0) is 16.0 Å². The van der Waals surface area contributed by atoms with Gasteiger partial charge in [-0.3, -0.25) is 4.79 Å². The predicted octanol–water partition coefficient (Wildman–Crippen LogP) is 0.209. The minimum Gasteiger partial charge on any atom is -0.477 e. The van der Waals surface area contributed by atoms with Crippen LogP contribution in [0.3, 0.4) is 0 Å². The lowest BCUT2D eigenvalue weighted by Gasteiger charge is -2.09. The molecule has 17 heavy (non-hydrogen) atoms. The van der Waals surface area contributed by atoms with E-state index in [0.717, 1.165) is 0 Å². The normalized spacial score (nSPS) is 10.4. The summed E-state index contributed by atoms with van der Waals surface area (Å²) in [6, 6.07) is 4.13. The molecule has 0 aromatic carbocycles. The Morgan fingerprint density at radius 1 is 1.35 bits per heavy atom. The lowest BCUT2D eigenvalue weighted by molar-refractivity contribution is 0.0623. The first kappa shape index (κ1) is 13.4. The van der Waals surface area contributed by atoms with E-state index in [1.165, 1.54) is 22.8 Å². The fourth-order valence-corrected chi connectivity index (χ4v) is 1.34. The molecule has 6 heteroatoms. The van der Waals surface area contributed by atoms with Gasteiger partial charge in [0.1, 0.15) is 5.69 Å². The lowest BCUT2D eigenvalue weighted by Crippen LogP contribution is -2.27. The summed E-state index contributed by atoms with van der Waals surface area (Å²) in [5.41, 5.74) is -0.381. The topological polar surface area (TPSA) is 77.8 Å². The maximum absolute atomic E-state index is 11.5. The van der Waals surface area contributed by atoms with Gasteiger partial charge < -0.3 is 19.1 Å². The average Bonchev–Trinajstić information content (AvgIpc) is 2.30. The number of methoxy groups -OCH3 is 1. The maximum Gasteiger partial charge on any atom is 0.352 e. The molecule has 0 bridgehead atoms. The Labute approximate surface area is 98.4 Å². The van der Waals surface area contributed by atoms with E-state index in [9.17, 15) is 9.59 Å². The second-order valence-corrected chi connectivity index (χ2v) is 3.31. The van der Waals surface area contributed by atoms with Gasteiger partial charge in [0, 0.05) is 19.7 Å². The second-order valence-electron chi connectivity index (χ2n) is 3.31. The number of hydrogen-bond donors (Lipinski definition) is 1. The minimum absolute atomic E-state index is 0.0344. The van der Waals surface area contributed by atoms with Gasteiger partial charge in [0.05, 0.1) is 19.8 Å². The molecule has 0 amide bonds. The maximum atomic E-state index is 11.5. The summed E-state index contributed by atoms with van der Waals surface area (Å²) in [5, 5.41) is 8.91. The molecule has 0 aliphatic heterocycles. The molecule has 0 saturated heterocycles. The van der Waals surface area contributed by atoms with Gasteiger partial charge >= 0.3 is 5.97 Å². The molecular formula is C11H15NO5. The number of nitrogens with zero attached hydrogens (tertiary/aromatic N) is 1. The Balaban J connectivity index is 2.63. The van der Waals surface area contributed by atoms with Crippen LogP contribution in [-0.4, -0.2) is 42.6 Å². The molecule has 1 aromatic heterocycles. The van der Waals surface area contributed by atoms with Crippen molar-refractivity contribution in [2.24, 2.45) is 0 Å². The molecule has 0 atom stereocenters. The first-order valence-electron chi connectivity index (χ1n) is 5.16. The Bertz CT molecular complexity index is 426. The summed E-state index contributed by atoms with van der Waals surface area (Å²) in [4.78, 5) is 22.4. The molecule has 0 saturated carbocycles. The van der Waals surface area contributed by atoms with Crippen LogP contribution in [0.2, 0.25) is 0 Å². The third-order valence-electron chi connectivity index (χ3n) is 2.16. The number of hydrogen-bond acceptors (Lipinski definition) is 4. The highest BCUT2D eigenvalue weighted by Gasteiger charge is 2.09. The Morgan fingerprint density at radius 3 is 2.76 bits per heavy atom. The van der Waals surface area contributed by atoms with Gasteiger partial charge in [-0.15, -0.1) is 0 Å². The summed E-state index contributed by atoms with van der Waals surface area (Å²) in [7, 11) is 1.56. The van der Waals surface area contributed by atoms with E-state index in [4.69, 9.17) is 14.6 Å². The van der Waals surface area contributed by atoms with E-state index in [1.807, 2.05) is 0 Å². The molecule has 0 fully saturated rings. The summed E-state index contributed by atoms with van der Waals surface area (Å²) < 4.78 is 11.2. The number of ether oxygens (including phenoxy) is 2. The van der Waals surface area contributed by atoms with Crippen molar-refractivity contribution >= 4 is 5.97 Å². The summed E-state index contributed by atoms with van der Waals surface area (Å²) in [5.74, 6) is -1.13. The zero-order valence-electron chi connectivity index (χ0n) is 9.59. The van der Waals surface area contributed by atoms with E-state index in [1.54, 1.807) is 7.11 Å². The van der Waals surface area contributed by atoms with E-state index in [-0.39, 0.29) is 24.4 Å². The molecule has 0 spiro atoms. The number of aromatic carboxylic acids is 1. The number of carboxylic acid groups (broad SMARTS) is 1. The van der Waals surface area contributed by atoms with Crippen molar-refractivity contribution in [2.45, 2.75) is 6.54 Å². The van der Waals surface area contributed by atoms with E-state index >= 15 is 0 Å².